The normalized spacial score (nSPS) is 11.7. The quantitative estimate of drug-likeness (QED) is 0.103. The predicted octanol–water partition coefficient (Wildman–Crippen LogP) is 7.07. The number of thioether (sulfide) groups is 1. The minimum Gasteiger partial charge on any atom is -0.325 e. The Morgan fingerprint density at radius 3 is 2.14 bits per heavy atom. The van der Waals surface area contributed by atoms with Gasteiger partial charge in [0, 0.05) is 32.4 Å². The van der Waals surface area contributed by atoms with Crippen LogP contribution < -0.4 is 16.0 Å². The van der Waals surface area contributed by atoms with Crippen LogP contribution in [-0.2, 0) is 9.59 Å². The van der Waals surface area contributed by atoms with Gasteiger partial charge in [-0.05, 0) is 86.2 Å². The number of anilines is 2. The van der Waals surface area contributed by atoms with E-state index in [1.165, 1.54) is 24.8 Å². The minimum absolute atomic E-state index is 0.0125. The highest BCUT2D eigenvalue weighted by molar-refractivity contribution is 8.00. The van der Waals surface area contributed by atoms with Crippen LogP contribution in [0.2, 0.25) is 5.02 Å². The van der Waals surface area contributed by atoms with E-state index >= 15 is 0 Å². The average molecular weight is 598 g/mol. The minimum atomic E-state index is -0.541. The second-order valence-electron chi connectivity index (χ2n) is 9.26. The number of hydrogen-bond donors (Lipinski definition) is 3. The summed E-state index contributed by atoms with van der Waals surface area (Å²) in [5.41, 5.74) is 2.62. The summed E-state index contributed by atoms with van der Waals surface area (Å²) in [6.45, 7) is 3.26. The van der Waals surface area contributed by atoms with Gasteiger partial charge in [0.2, 0.25) is 5.91 Å². The molecule has 7 nitrogen and oxygen atoms in total. The summed E-state index contributed by atoms with van der Waals surface area (Å²) in [5.74, 6) is -1.24. The first-order chi connectivity index (χ1) is 20.2. The zero-order chi connectivity index (χ0) is 30.1. The van der Waals surface area contributed by atoms with Crippen LogP contribution in [0.3, 0.4) is 0 Å². The van der Waals surface area contributed by atoms with Crippen molar-refractivity contribution in [3.63, 3.8) is 0 Å². The Morgan fingerprint density at radius 2 is 1.45 bits per heavy atom. The summed E-state index contributed by atoms with van der Waals surface area (Å²) >= 11 is 7.64. The van der Waals surface area contributed by atoms with Crippen molar-refractivity contribution >= 4 is 64.3 Å². The molecule has 212 valence electrons. The number of hydrogen-bond acceptors (Lipinski definition) is 5. The van der Waals surface area contributed by atoms with Gasteiger partial charge in [0.25, 0.3) is 11.8 Å². The molecule has 4 rings (SSSR count). The molecule has 0 aliphatic carbocycles. The van der Waals surface area contributed by atoms with Crippen LogP contribution in [0.5, 0.6) is 0 Å². The molecule has 1 unspecified atom stereocenters. The summed E-state index contributed by atoms with van der Waals surface area (Å²) in [6, 6.07) is 29.3. The van der Waals surface area contributed by atoms with Gasteiger partial charge in [-0.1, -0.05) is 54.1 Å². The average Bonchev–Trinajstić information content (AvgIpc) is 2.98. The lowest BCUT2D eigenvalue weighted by atomic mass is 10.1. The highest BCUT2D eigenvalue weighted by Gasteiger charge is 2.18. The SMILES string of the molecule is CC(=O)c1ccc(NC(=O)C(C)Sc2cccc(NC(=O)/C(=C\c3ccccc3Cl)NC(=O)c3ccccc3)c2)cc1. The summed E-state index contributed by atoms with van der Waals surface area (Å²) in [4.78, 5) is 51.3. The maximum atomic E-state index is 13.4. The van der Waals surface area contributed by atoms with Crippen molar-refractivity contribution in [2.24, 2.45) is 0 Å². The molecule has 4 aromatic carbocycles. The molecule has 42 heavy (non-hydrogen) atoms. The largest absolute Gasteiger partial charge is 0.325 e. The third-order valence-electron chi connectivity index (χ3n) is 6.07. The Balaban J connectivity index is 1.46. The van der Waals surface area contributed by atoms with Crippen LogP contribution in [0.1, 0.15) is 40.1 Å². The Morgan fingerprint density at radius 1 is 0.762 bits per heavy atom. The lowest BCUT2D eigenvalue weighted by Crippen LogP contribution is -2.30. The fourth-order valence-electron chi connectivity index (χ4n) is 3.83. The first kappa shape index (κ1) is 30.3. The van der Waals surface area contributed by atoms with Gasteiger partial charge in [-0.25, -0.2) is 0 Å². The zero-order valence-electron chi connectivity index (χ0n) is 22.9. The van der Waals surface area contributed by atoms with Crippen LogP contribution in [0, 0.1) is 0 Å². The second kappa shape index (κ2) is 14.3. The highest BCUT2D eigenvalue weighted by Crippen LogP contribution is 2.27. The molecule has 0 bridgehead atoms. The van der Waals surface area contributed by atoms with Gasteiger partial charge in [-0.15, -0.1) is 11.8 Å². The Labute approximate surface area is 253 Å². The molecule has 0 saturated heterocycles. The standard InChI is InChI=1S/C33H28ClN3O4S/c1-21(38)23-15-17-26(18-16-23)35-31(39)22(2)42-28-13-8-12-27(20-28)36-33(41)30(19-25-11-6-7-14-29(25)34)37-32(40)24-9-4-3-5-10-24/h3-20,22H,1-2H3,(H,35,39)(H,36,41)(H,37,40)/b30-19+. The number of amides is 3. The summed E-state index contributed by atoms with van der Waals surface area (Å²) in [5, 5.41) is 8.35. The first-order valence-electron chi connectivity index (χ1n) is 13.0. The van der Waals surface area contributed by atoms with E-state index in [4.69, 9.17) is 11.6 Å². The van der Waals surface area contributed by atoms with Crippen molar-refractivity contribution < 1.29 is 19.2 Å². The number of Topliss-reactive ketones (excluding diaryl/α,β-unsaturated/α-hetero) is 1. The summed E-state index contributed by atoms with van der Waals surface area (Å²) < 4.78 is 0. The molecular formula is C33H28ClN3O4S. The topological polar surface area (TPSA) is 104 Å². The van der Waals surface area contributed by atoms with Crippen LogP contribution in [0.4, 0.5) is 11.4 Å². The van der Waals surface area contributed by atoms with Gasteiger partial charge in [0.1, 0.15) is 5.70 Å². The van der Waals surface area contributed by atoms with Gasteiger partial charge in [0.05, 0.1) is 5.25 Å². The van der Waals surface area contributed by atoms with E-state index in [9.17, 15) is 19.2 Å². The molecule has 9 heteroatoms. The van der Waals surface area contributed by atoms with Crippen molar-refractivity contribution in [2.75, 3.05) is 10.6 Å². The molecule has 0 aliphatic rings. The first-order valence-corrected chi connectivity index (χ1v) is 14.3. The number of carbonyl (C=O) groups excluding carboxylic acids is 4. The maximum Gasteiger partial charge on any atom is 0.272 e. The Kier molecular flexibility index (Phi) is 10.3. The van der Waals surface area contributed by atoms with Crippen LogP contribution in [0.25, 0.3) is 6.08 Å². The van der Waals surface area contributed by atoms with Crippen LogP contribution in [-0.4, -0.2) is 28.8 Å². The number of nitrogens with one attached hydrogen (secondary N) is 3. The van der Waals surface area contributed by atoms with Crippen molar-refractivity contribution in [2.45, 2.75) is 24.0 Å². The molecule has 0 aromatic heterocycles. The molecule has 0 radical (unpaired) electrons. The number of benzene rings is 4. The van der Waals surface area contributed by atoms with Crippen LogP contribution >= 0.6 is 23.4 Å². The van der Waals surface area contributed by atoms with E-state index in [0.717, 1.165) is 4.90 Å². The van der Waals surface area contributed by atoms with E-state index in [1.807, 2.05) is 6.07 Å². The van der Waals surface area contributed by atoms with Gasteiger partial charge in [0.15, 0.2) is 5.78 Å². The fourth-order valence-corrected chi connectivity index (χ4v) is 4.94. The van der Waals surface area contributed by atoms with E-state index < -0.39 is 17.1 Å². The van der Waals surface area contributed by atoms with E-state index in [-0.39, 0.29) is 17.4 Å². The maximum absolute atomic E-state index is 13.4. The van der Waals surface area contributed by atoms with E-state index in [2.05, 4.69) is 16.0 Å². The van der Waals surface area contributed by atoms with Gasteiger partial charge >= 0.3 is 0 Å². The lowest BCUT2D eigenvalue weighted by Gasteiger charge is -2.14. The Hall–Kier alpha value is -4.66. The van der Waals surface area contributed by atoms with E-state index in [0.29, 0.717) is 33.1 Å². The monoisotopic (exact) mass is 597 g/mol. The number of carbonyl (C=O) groups is 4. The van der Waals surface area contributed by atoms with E-state index in [1.54, 1.807) is 104 Å². The van der Waals surface area contributed by atoms with Crippen molar-refractivity contribution in [3.05, 3.63) is 131 Å². The molecule has 3 N–H and O–H groups in total. The molecule has 1 atom stereocenters. The zero-order valence-corrected chi connectivity index (χ0v) is 24.5. The third-order valence-corrected chi connectivity index (χ3v) is 7.50. The number of rotatable bonds is 10. The molecular weight excluding hydrogens is 570 g/mol. The smallest absolute Gasteiger partial charge is 0.272 e. The summed E-state index contributed by atoms with van der Waals surface area (Å²) in [7, 11) is 0. The van der Waals surface area contributed by atoms with Gasteiger partial charge in [-0.2, -0.15) is 0 Å². The van der Waals surface area contributed by atoms with Crippen molar-refractivity contribution in [1.29, 1.82) is 0 Å². The van der Waals surface area contributed by atoms with Crippen molar-refractivity contribution in [3.8, 4) is 0 Å². The third kappa shape index (κ3) is 8.42. The number of ketones is 1. The van der Waals surface area contributed by atoms with Crippen LogP contribution in [0.15, 0.2) is 114 Å². The van der Waals surface area contributed by atoms with Crippen molar-refractivity contribution in [1.82, 2.24) is 5.32 Å². The lowest BCUT2D eigenvalue weighted by molar-refractivity contribution is -0.115. The second-order valence-corrected chi connectivity index (χ2v) is 11.1. The highest BCUT2D eigenvalue weighted by atomic mass is 35.5. The molecule has 3 amide bonds. The number of halogens is 1. The molecule has 0 fully saturated rings. The Bertz CT molecular complexity index is 1640. The molecule has 0 saturated carbocycles. The molecule has 0 heterocycles. The molecule has 4 aromatic rings. The van der Waals surface area contributed by atoms with Gasteiger partial charge < -0.3 is 16.0 Å². The molecule has 0 spiro atoms. The molecule has 0 aliphatic heterocycles. The van der Waals surface area contributed by atoms with Gasteiger partial charge in [-0.3, -0.25) is 19.2 Å². The summed E-state index contributed by atoms with van der Waals surface area (Å²) in [6.07, 6.45) is 1.52. The fraction of sp³-hybridized carbons (Fsp3) is 0.0909. The predicted molar refractivity (Wildman–Crippen MR) is 169 cm³/mol.